The van der Waals surface area contributed by atoms with Gasteiger partial charge in [0.2, 0.25) is 0 Å². The fraction of sp³-hybridized carbons (Fsp3) is 0.556. The number of nitrogens with zero attached hydrogens (tertiary/aromatic N) is 2. The molecule has 0 spiro atoms. The number of aromatic nitrogens is 2. The van der Waals surface area contributed by atoms with E-state index in [-0.39, 0.29) is 11.6 Å². The third-order valence-electron chi connectivity index (χ3n) is 2.32. The quantitative estimate of drug-likeness (QED) is 0.780. The van der Waals surface area contributed by atoms with Crippen molar-refractivity contribution in [3.63, 3.8) is 0 Å². The van der Waals surface area contributed by atoms with Gasteiger partial charge in [0.1, 0.15) is 5.82 Å². The Labute approximate surface area is 99.5 Å². The van der Waals surface area contributed by atoms with E-state index in [1.54, 1.807) is 6.92 Å². The van der Waals surface area contributed by atoms with Crippen LogP contribution < -0.4 is 0 Å². The highest BCUT2D eigenvalue weighted by molar-refractivity contribution is 7.89. The summed E-state index contributed by atoms with van der Waals surface area (Å²) < 4.78 is 24.9. The molecule has 0 fully saturated rings. The molecule has 1 rings (SSSR count). The number of H-pyrrole nitrogens is 1. The molecular weight excluding hydrogens is 246 g/mol. The second-order valence-corrected chi connectivity index (χ2v) is 5.87. The monoisotopic (exact) mass is 261 g/mol. The maximum Gasteiger partial charge on any atom is 0.307 e. The molecule has 0 saturated heterocycles. The van der Waals surface area contributed by atoms with Crippen LogP contribution in [0.25, 0.3) is 0 Å². The summed E-state index contributed by atoms with van der Waals surface area (Å²) in [4.78, 5) is 17.1. The number of aryl methyl sites for hydroxylation is 1. The minimum absolute atomic E-state index is 0.0323. The van der Waals surface area contributed by atoms with Gasteiger partial charge in [-0.1, -0.05) is 6.92 Å². The number of aromatic amines is 1. The van der Waals surface area contributed by atoms with Crippen molar-refractivity contribution in [2.75, 3.05) is 13.6 Å². The molecule has 0 aliphatic rings. The number of nitrogens with one attached hydrogen (secondary N) is 1. The molecule has 0 aliphatic carbocycles. The lowest BCUT2D eigenvalue weighted by atomic mass is 10.2. The van der Waals surface area contributed by atoms with Gasteiger partial charge in [-0.05, 0) is 6.92 Å². The van der Waals surface area contributed by atoms with Crippen molar-refractivity contribution >= 4 is 16.0 Å². The number of rotatable bonds is 5. The summed E-state index contributed by atoms with van der Waals surface area (Å²) in [6.07, 6.45) is 1.21. The molecule has 7 nitrogen and oxygen atoms in total. The highest BCUT2D eigenvalue weighted by Gasteiger charge is 2.26. The van der Waals surface area contributed by atoms with E-state index in [2.05, 4.69) is 9.97 Å². The Bertz CT molecular complexity index is 508. The van der Waals surface area contributed by atoms with Gasteiger partial charge < -0.3 is 10.1 Å². The predicted molar refractivity (Wildman–Crippen MR) is 59.9 cm³/mol. The van der Waals surface area contributed by atoms with Gasteiger partial charge in [0, 0.05) is 13.6 Å². The van der Waals surface area contributed by atoms with Crippen molar-refractivity contribution in [1.82, 2.24) is 14.3 Å². The first kappa shape index (κ1) is 13.7. The molecule has 0 aliphatic heterocycles. The topological polar surface area (TPSA) is 103 Å². The van der Waals surface area contributed by atoms with Crippen molar-refractivity contribution in [2.24, 2.45) is 5.92 Å². The molecular formula is C9H15N3O4S. The minimum Gasteiger partial charge on any atom is -0.481 e. The van der Waals surface area contributed by atoms with Crippen molar-refractivity contribution < 1.29 is 18.3 Å². The SMILES string of the molecule is Cc1ncc(S(=O)(=O)N(C)CC(C)C(=O)O)[nH]1. The Morgan fingerprint density at radius 3 is 2.65 bits per heavy atom. The van der Waals surface area contributed by atoms with E-state index in [4.69, 9.17) is 5.11 Å². The molecule has 1 atom stereocenters. The van der Waals surface area contributed by atoms with Gasteiger partial charge in [0.25, 0.3) is 10.0 Å². The molecule has 17 heavy (non-hydrogen) atoms. The zero-order chi connectivity index (χ0) is 13.2. The van der Waals surface area contributed by atoms with Gasteiger partial charge in [-0.2, -0.15) is 4.31 Å². The van der Waals surface area contributed by atoms with Crippen LogP contribution in [0.15, 0.2) is 11.2 Å². The van der Waals surface area contributed by atoms with Crippen LogP contribution in [-0.2, 0) is 14.8 Å². The summed E-state index contributed by atoms with van der Waals surface area (Å²) in [5, 5.41) is 8.70. The van der Waals surface area contributed by atoms with Crippen LogP contribution in [0, 0.1) is 12.8 Å². The van der Waals surface area contributed by atoms with E-state index < -0.39 is 21.9 Å². The van der Waals surface area contributed by atoms with Crippen LogP contribution >= 0.6 is 0 Å². The molecule has 1 aromatic rings. The zero-order valence-electron chi connectivity index (χ0n) is 9.84. The number of hydrogen-bond acceptors (Lipinski definition) is 4. The summed E-state index contributed by atoms with van der Waals surface area (Å²) >= 11 is 0. The molecule has 0 radical (unpaired) electrons. The molecule has 96 valence electrons. The highest BCUT2D eigenvalue weighted by atomic mass is 32.2. The summed E-state index contributed by atoms with van der Waals surface area (Å²) in [6.45, 7) is 3.00. The lowest BCUT2D eigenvalue weighted by Crippen LogP contribution is -2.33. The van der Waals surface area contributed by atoms with E-state index in [1.807, 2.05) is 0 Å². The molecule has 0 amide bonds. The molecule has 2 N–H and O–H groups in total. The lowest BCUT2D eigenvalue weighted by Gasteiger charge is -2.17. The number of aliphatic carboxylic acids is 1. The van der Waals surface area contributed by atoms with Gasteiger partial charge >= 0.3 is 5.97 Å². The summed E-state index contributed by atoms with van der Waals surface area (Å²) in [7, 11) is -2.36. The van der Waals surface area contributed by atoms with Crippen molar-refractivity contribution in [1.29, 1.82) is 0 Å². The average Bonchev–Trinajstić information content (AvgIpc) is 2.64. The van der Waals surface area contributed by atoms with Gasteiger partial charge in [0.05, 0.1) is 12.1 Å². The Morgan fingerprint density at radius 1 is 1.65 bits per heavy atom. The van der Waals surface area contributed by atoms with E-state index in [9.17, 15) is 13.2 Å². The first-order valence-corrected chi connectivity index (χ1v) is 6.40. The fourth-order valence-corrected chi connectivity index (χ4v) is 2.48. The Balaban J connectivity index is 2.88. The van der Waals surface area contributed by atoms with E-state index >= 15 is 0 Å². The lowest BCUT2D eigenvalue weighted by molar-refractivity contribution is -0.141. The maximum atomic E-state index is 12.0. The molecule has 0 bridgehead atoms. The number of carboxylic acid groups (broad SMARTS) is 1. The van der Waals surface area contributed by atoms with Crippen LogP contribution in [-0.4, -0.2) is 47.4 Å². The third kappa shape index (κ3) is 3.04. The van der Waals surface area contributed by atoms with Crippen LogP contribution in [0.2, 0.25) is 0 Å². The second-order valence-electron chi connectivity index (χ2n) is 3.86. The van der Waals surface area contributed by atoms with Crippen LogP contribution in [0.4, 0.5) is 0 Å². The van der Waals surface area contributed by atoms with Crippen molar-refractivity contribution in [3.05, 3.63) is 12.0 Å². The predicted octanol–water partition coefficient (Wildman–Crippen LogP) is 0.0593. The van der Waals surface area contributed by atoms with Crippen LogP contribution in [0.3, 0.4) is 0 Å². The van der Waals surface area contributed by atoms with Gasteiger partial charge in [-0.3, -0.25) is 4.79 Å². The van der Waals surface area contributed by atoms with Gasteiger partial charge in [-0.25, -0.2) is 13.4 Å². The van der Waals surface area contributed by atoms with Crippen LogP contribution in [0.5, 0.6) is 0 Å². The van der Waals surface area contributed by atoms with E-state index in [0.29, 0.717) is 5.82 Å². The first-order chi connectivity index (χ1) is 7.75. The Hall–Kier alpha value is -1.41. The number of carboxylic acids is 1. The summed E-state index contributed by atoms with van der Waals surface area (Å²) in [6, 6.07) is 0. The largest absolute Gasteiger partial charge is 0.481 e. The van der Waals surface area contributed by atoms with Gasteiger partial charge in [0.15, 0.2) is 5.03 Å². The fourth-order valence-electron chi connectivity index (χ4n) is 1.26. The van der Waals surface area contributed by atoms with Crippen LogP contribution in [0.1, 0.15) is 12.7 Å². The van der Waals surface area contributed by atoms with E-state index in [1.165, 1.54) is 20.2 Å². The summed E-state index contributed by atoms with van der Waals surface area (Å²) in [5.41, 5.74) is 0. The van der Waals surface area contributed by atoms with E-state index in [0.717, 1.165) is 4.31 Å². The Morgan fingerprint density at radius 2 is 2.24 bits per heavy atom. The molecule has 0 aromatic carbocycles. The molecule has 0 saturated carbocycles. The smallest absolute Gasteiger partial charge is 0.307 e. The maximum absolute atomic E-state index is 12.0. The van der Waals surface area contributed by atoms with Gasteiger partial charge in [-0.15, -0.1) is 0 Å². The molecule has 1 unspecified atom stereocenters. The first-order valence-electron chi connectivity index (χ1n) is 4.96. The number of carbonyl (C=O) groups is 1. The zero-order valence-corrected chi connectivity index (χ0v) is 10.7. The number of hydrogen-bond donors (Lipinski definition) is 2. The van der Waals surface area contributed by atoms with Crippen molar-refractivity contribution in [3.8, 4) is 0 Å². The Kier molecular flexibility index (Phi) is 3.89. The number of imidazole rings is 1. The molecule has 1 heterocycles. The standard InChI is InChI=1S/C9H15N3O4S/c1-6(9(13)14)5-12(3)17(15,16)8-4-10-7(2)11-8/h4,6H,5H2,1-3H3,(H,10,11)(H,13,14). The summed E-state index contributed by atoms with van der Waals surface area (Å²) in [5.74, 6) is -1.31. The second kappa shape index (κ2) is 4.84. The highest BCUT2D eigenvalue weighted by Crippen LogP contribution is 2.13. The minimum atomic E-state index is -3.69. The van der Waals surface area contributed by atoms with Crippen molar-refractivity contribution in [2.45, 2.75) is 18.9 Å². The molecule has 1 aromatic heterocycles. The average molecular weight is 261 g/mol. The third-order valence-corrected chi connectivity index (χ3v) is 4.05. The number of sulfonamides is 1. The normalized spacial score (nSPS) is 13.9. The molecule has 8 heteroatoms.